The van der Waals surface area contributed by atoms with Crippen molar-refractivity contribution in [3.8, 4) is 0 Å². The minimum absolute atomic E-state index is 0.0338. The fourth-order valence-electron chi connectivity index (χ4n) is 3.28. The van der Waals surface area contributed by atoms with E-state index in [1.165, 1.54) is 22.6 Å². The fraction of sp³-hybridized carbons (Fsp3) is 0.130. The maximum atomic E-state index is 13.4. The van der Waals surface area contributed by atoms with Crippen LogP contribution in [-0.2, 0) is 9.84 Å². The molecule has 0 spiro atoms. The maximum absolute atomic E-state index is 13.4. The largest absolute Gasteiger partial charge is 0.382 e. The molecule has 0 bridgehead atoms. The normalized spacial score (nSPS) is 12.4. The SMILES string of the molecule is Cc1ccc(S(=O)(=O)c2cc(C(=O)c3ccccc3)n3c(=O)/c(=C/N(C)C)sc23)cc1. The number of nitrogens with zero attached hydrogens (tertiary/aromatic N) is 2. The molecule has 0 unspecified atom stereocenters. The molecule has 0 saturated heterocycles. The molecule has 0 atom stereocenters. The molecule has 0 saturated carbocycles. The summed E-state index contributed by atoms with van der Waals surface area (Å²) >= 11 is 1.06. The maximum Gasteiger partial charge on any atom is 0.275 e. The van der Waals surface area contributed by atoms with Crippen molar-refractivity contribution in [2.45, 2.75) is 16.7 Å². The summed E-state index contributed by atoms with van der Waals surface area (Å²) in [6.07, 6.45) is 1.62. The molecule has 2 heterocycles. The number of carbonyl (C=O) groups excluding carboxylic acids is 1. The van der Waals surface area contributed by atoms with Crippen molar-refractivity contribution in [1.29, 1.82) is 0 Å². The number of aryl methyl sites for hydroxylation is 1. The van der Waals surface area contributed by atoms with Gasteiger partial charge in [-0.15, -0.1) is 11.3 Å². The number of thiazole rings is 1. The molecular formula is C23H20N2O4S2. The van der Waals surface area contributed by atoms with Crippen LogP contribution in [0.15, 0.2) is 75.2 Å². The number of sulfone groups is 1. The Kier molecular flexibility index (Phi) is 5.28. The van der Waals surface area contributed by atoms with Gasteiger partial charge in [-0.3, -0.25) is 14.0 Å². The first-order chi connectivity index (χ1) is 14.7. The topological polar surface area (TPSA) is 75.9 Å². The zero-order valence-corrected chi connectivity index (χ0v) is 18.8. The first-order valence-corrected chi connectivity index (χ1v) is 11.8. The van der Waals surface area contributed by atoms with Crippen LogP contribution in [0.3, 0.4) is 0 Å². The standard InChI is InChI=1S/C23H20N2O4S2/c1-15-9-11-17(12-10-15)31(28,29)20-13-18(21(26)16-7-5-4-6-8-16)25-22(27)19(14-24(2)3)30-23(20)25/h4-14H,1-3H3/b19-14-. The molecule has 0 N–H and O–H groups in total. The summed E-state index contributed by atoms with van der Waals surface area (Å²) in [5.74, 6) is -0.410. The third kappa shape index (κ3) is 3.68. The van der Waals surface area contributed by atoms with Gasteiger partial charge in [0.1, 0.15) is 14.3 Å². The Bertz CT molecular complexity index is 1500. The van der Waals surface area contributed by atoms with Gasteiger partial charge in [0.15, 0.2) is 0 Å². The summed E-state index contributed by atoms with van der Waals surface area (Å²) in [4.78, 5) is 28.3. The van der Waals surface area contributed by atoms with E-state index in [4.69, 9.17) is 0 Å². The quantitative estimate of drug-likeness (QED) is 0.435. The van der Waals surface area contributed by atoms with Crippen molar-refractivity contribution < 1.29 is 13.2 Å². The minimum atomic E-state index is -3.94. The van der Waals surface area contributed by atoms with Gasteiger partial charge in [-0.2, -0.15) is 0 Å². The van der Waals surface area contributed by atoms with Gasteiger partial charge in [0.25, 0.3) is 5.56 Å². The van der Waals surface area contributed by atoms with Gasteiger partial charge < -0.3 is 4.90 Å². The molecule has 0 amide bonds. The highest BCUT2D eigenvalue weighted by atomic mass is 32.2. The Morgan fingerprint density at radius 3 is 2.29 bits per heavy atom. The average molecular weight is 453 g/mol. The van der Waals surface area contributed by atoms with E-state index in [9.17, 15) is 18.0 Å². The second kappa shape index (κ2) is 7.79. The Morgan fingerprint density at radius 2 is 1.68 bits per heavy atom. The number of ketones is 1. The van der Waals surface area contributed by atoms with E-state index in [-0.39, 0.29) is 20.3 Å². The van der Waals surface area contributed by atoms with E-state index in [2.05, 4.69) is 0 Å². The smallest absolute Gasteiger partial charge is 0.275 e. The Morgan fingerprint density at radius 1 is 1.03 bits per heavy atom. The van der Waals surface area contributed by atoms with Crippen LogP contribution >= 0.6 is 11.3 Å². The highest BCUT2D eigenvalue weighted by molar-refractivity contribution is 7.91. The summed E-state index contributed by atoms with van der Waals surface area (Å²) in [7, 11) is -0.394. The van der Waals surface area contributed by atoms with E-state index >= 15 is 0 Å². The van der Waals surface area contributed by atoms with Crippen LogP contribution < -0.4 is 10.1 Å². The van der Waals surface area contributed by atoms with E-state index in [1.54, 1.807) is 67.7 Å². The number of hydrogen-bond acceptors (Lipinski definition) is 6. The molecule has 31 heavy (non-hydrogen) atoms. The van der Waals surface area contributed by atoms with Crippen molar-refractivity contribution in [3.63, 3.8) is 0 Å². The lowest BCUT2D eigenvalue weighted by Crippen LogP contribution is -2.27. The van der Waals surface area contributed by atoms with Crippen LogP contribution in [0, 0.1) is 6.92 Å². The van der Waals surface area contributed by atoms with Crippen LogP contribution in [-0.4, -0.2) is 37.6 Å². The molecule has 2 aromatic carbocycles. The third-order valence-corrected chi connectivity index (χ3v) is 7.82. The average Bonchev–Trinajstić information content (AvgIpc) is 3.26. The van der Waals surface area contributed by atoms with Crippen molar-refractivity contribution in [2.75, 3.05) is 14.1 Å². The highest BCUT2D eigenvalue weighted by Crippen LogP contribution is 2.30. The molecule has 4 rings (SSSR count). The number of carbonyl (C=O) groups is 1. The van der Waals surface area contributed by atoms with Crippen molar-refractivity contribution in [3.05, 3.63) is 92.4 Å². The second-order valence-electron chi connectivity index (χ2n) is 7.41. The molecule has 2 aromatic heterocycles. The zero-order valence-electron chi connectivity index (χ0n) is 17.2. The van der Waals surface area contributed by atoms with Gasteiger partial charge in [0.2, 0.25) is 15.6 Å². The van der Waals surface area contributed by atoms with Crippen LogP contribution in [0.2, 0.25) is 0 Å². The Labute approximate surface area is 183 Å². The first-order valence-electron chi connectivity index (χ1n) is 9.48. The molecule has 158 valence electrons. The predicted octanol–water partition coefficient (Wildman–Crippen LogP) is 2.75. The van der Waals surface area contributed by atoms with Crippen LogP contribution in [0.25, 0.3) is 11.0 Å². The molecule has 0 fully saturated rings. The number of fused-ring (bicyclic) bond motifs is 1. The van der Waals surface area contributed by atoms with Gasteiger partial charge >= 0.3 is 0 Å². The number of rotatable bonds is 5. The molecular weight excluding hydrogens is 432 g/mol. The molecule has 0 radical (unpaired) electrons. The lowest BCUT2D eigenvalue weighted by atomic mass is 10.1. The van der Waals surface area contributed by atoms with Crippen LogP contribution in [0.5, 0.6) is 0 Å². The molecule has 8 heteroatoms. The van der Waals surface area contributed by atoms with Gasteiger partial charge in [-0.1, -0.05) is 48.0 Å². The molecule has 0 aliphatic rings. The fourth-order valence-corrected chi connectivity index (χ4v) is 6.16. The van der Waals surface area contributed by atoms with E-state index in [0.717, 1.165) is 16.9 Å². The summed E-state index contributed by atoms with van der Waals surface area (Å²) in [5, 5.41) is 0. The van der Waals surface area contributed by atoms with Crippen LogP contribution in [0.4, 0.5) is 0 Å². The summed E-state index contributed by atoms with van der Waals surface area (Å²) in [6, 6.07) is 16.3. The molecule has 0 aliphatic heterocycles. The monoisotopic (exact) mass is 452 g/mol. The van der Waals surface area contributed by atoms with E-state index in [0.29, 0.717) is 10.1 Å². The van der Waals surface area contributed by atoms with Gasteiger partial charge in [0, 0.05) is 25.9 Å². The van der Waals surface area contributed by atoms with E-state index < -0.39 is 21.2 Å². The molecule has 0 aliphatic carbocycles. The van der Waals surface area contributed by atoms with E-state index in [1.807, 2.05) is 6.92 Å². The highest BCUT2D eigenvalue weighted by Gasteiger charge is 2.29. The number of hydrogen-bond donors (Lipinski definition) is 0. The lowest BCUT2D eigenvalue weighted by Gasteiger charge is -2.03. The summed E-state index contributed by atoms with van der Waals surface area (Å²) < 4.78 is 28.4. The summed E-state index contributed by atoms with van der Waals surface area (Å²) in [5.41, 5.74) is 0.927. The number of benzene rings is 2. The Balaban J connectivity index is 2.04. The van der Waals surface area contributed by atoms with Crippen molar-refractivity contribution >= 4 is 38.0 Å². The van der Waals surface area contributed by atoms with Gasteiger partial charge in [-0.05, 0) is 25.1 Å². The predicted molar refractivity (Wildman–Crippen MR) is 121 cm³/mol. The number of aromatic nitrogens is 1. The minimum Gasteiger partial charge on any atom is -0.382 e. The van der Waals surface area contributed by atoms with Gasteiger partial charge in [0.05, 0.1) is 10.6 Å². The Hall–Kier alpha value is -3.23. The summed E-state index contributed by atoms with van der Waals surface area (Å²) in [6.45, 7) is 1.87. The third-order valence-electron chi connectivity index (χ3n) is 4.81. The molecule has 4 aromatic rings. The van der Waals surface area contributed by atoms with Crippen molar-refractivity contribution in [1.82, 2.24) is 9.30 Å². The molecule has 6 nitrogen and oxygen atoms in total. The lowest BCUT2D eigenvalue weighted by molar-refractivity contribution is 0.103. The van der Waals surface area contributed by atoms with Crippen molar-refractivity contribution in [2.24, 2.45) is 0 Å². The first kappa shape index (κ1) is 21.0. The second-order valence-corrected chi connectivity index (χ2v) is 10.4. The van der Waals surface area contributed by atoms with Crippen LogP contribution in [0.1, 0.15) is 21.6 Å². The van der Waals surface area contributed by atoms with Gasteiger partial charge in [-0.25, -0.2) is 8.42 Å². The zero-order chi connectivity index (χ0) is 22.3.